The average molecular weight is 385 g/mol. The van der Waals surface area contributed by atoms with Crippen molar-refractivity contribution in [1.82, 2.24) is 10.4 Å². The van der Waals surface area contributed by atoms with Gasteiger partial charge in [0.05, 0.1) is 6.04 Å². The van der Waals surface area contributed by atoms with Crippen molar-refractivity contribution in [3.05, 3.63) is 62.3 Å². The molecular formula is C14H15Br2N3. The summed E-state index contributed by atoms with van der Waals surface area (Å²) in [4.78, 5) is 4.39. The molecule has 0 aliphatic carbocycles. The Morgan fingerprint density at radius 1 is 1.21 bits per heavy atom. The molecule has 3 N–H and O–H groups in total. The van der Waals surface area contributed by atoms with E-state index in [1.165, 1.54) is 11.1 Å². The van der Waals surface area contributed by atoms with Crippen LogP contribution in [0.2, 0.25) is 0 Å². The van der Waals surface area contributed by atoms with Gasteiger partial charge in [0, 0.05) is 27.3 Å². The molecule has 1 heterocycles. The van der Waals surface area contributed by atoms with Crippen LogP contribution < -0.4 is 11.3 Å². The molecule has 1 aromatic heterocycles. The lowest BCUT2D eigenvalue weighted by atomic mass is 9.98. The van der Waals surface area contributed by atoms with E-state index in [0.29, 0.717) is 0 Å². The van der Waals surface area contributed by atoms with E-state index in [1.54, 1.807) is 6.20 Å². The van der Waals surface area contributed by atoms with Gasteiger partial charge >= 0.3 is 0 Å². The SMILES string of the molecule is Cc1ccc(Br)cc1C(Cc1ccc(Br)cn1)NN. The molecule has 0 aliphatic rings. The Hall–Kier alpha value is -0.750. The minimum Gasteiger partial charge on any atom is -0.271 e. The summed E-state index contributed by atoms with van der Waals surface area (Å²) in [6.07, 6.45) is 2.55. The van der Waals surface area contributed by atoms with E-state index in [4.69, 9.17) is 5.84 Å². The summed E-state index contributed by atoms with van der Waals surface area (Å²) < 4.78 is 2.03. The zero-order valence-corrected chi connectivity index (χ0v) is 13.7. The number of hydrogen-bond acceptors (Lipinski definition) is 3. The summed E-state index contributed by atoms with van der Waals surface area (Å²) in [5.74, 6) is 5.70. The molecule has 19 heavy (non-hydrogen) atoms. The Labute approximate surface area is 129 Å². The second-order valence-corrected chi connectivity index (χ2v) is 6.22. The van der Waals surface area contributed by atoms with Gasteiger partial charge in [0.15, 0.2) is 0 Å². The second-order valence-electron chi connectivity index (χ2n) is 4.39. The normalized spacial score (nSPS) is 12.4. The van der Waals surface area contributed by atoms with E-state index in [1.807, 2.05) is 18.2 Å². The van der Waals surface area contributed by atoms with Gasteiger partial charge < -0.3 is 0 Å². The van der Waals surface area contributed by atoms with E-state index < -0.39 is 0 Å². The molecule has 3 nitrogen and oxygen atoms in total. The monoisotopic (exact) mass is 383 g/mol. The summed E-state index contributed by atoms with van der Waals surface area (Å²) >= 11 is 6.88. The maximum atomic E-state index is 5.70. The molecule has 1 atom stereocenters. The van der Waals surface area contributed by atoms with Crippen LogP contribution in [-0.2, 0) is 6.42 Å². The van der Waals surface area contributed by atoms with Crippen molar-refractivity contribution >= 4 is 31.9 Å². The molecule has 0 spiro atoms. The molecule has 0 aliphatic heterocycles. The molecule has 0 saturated heterocycles. The lowest BCUT2D eigenvalue weighted by Crippen LogP contribution is -2.30. The fourth-order valence-electron chi connectivity index (χ4n) is 1.98. The van der Waals surface area contributed by atoms with Crippen LogP contribution in [0.3, 0.4) is 0 Å². The molecule has 0 radical (unpaired) electrons. The molecule has 0 amide bonds. The number of hydrogen-bond donors (Lipinski definition) is 2. The van der Waals surface area contributed by atoms with Gasteiger partial charge in [-0.2, -0.15) is 0 Å². The standard InChI is InChI=1S/C14H15Br2N3/c1-9-2-3-10(15)6-13(9)14(19-17)7-12-5-4-11(16)8-18-12/h2-6,8,14,19H,7,17H2,1H3. The quantitative estimate of drug-likeness (QED) is 0.624. The first-order valence-corrected chi connectivity index (χ1v) is 7.51. The number of nitrogens with one attached hydrogen (secondary N) is 1. The summed E-state index contributed by atoms with van der Waals surface area (Å²) in [5, 5.41) is 0. The van der Waals surface area contributed by atoms with Crippen LogP contribution in [0, 0.1) is 6.92 Å². The molecule has 0 saturated carbocycles. The first kappa shape index (κ1) is 14.7. The molecule has 1 aromatic carbocycles. The van der Waals surface area contributed by atoms with Gasteiger partial charge in [-0.15, -0.1) is 0 Å². The van der Waals surface area contributed by atoms with E-state index in [-0.39, 0.29) is 6.04 Å². The first-order valence-electron chi connectivity index (χ1n) is 5.92. The highest BCUT2D eigenvalue weighted by atomic mass is 79.9. The third-order valence-electron chi connectivity index (χ3n) is 3.02. The Bertz CT molecular complexity index is 555. The minimum atomic E-state index is 0.0474. The molecule has 2 aromatic rings. The summed E-state index contributed by atoms with van der Waals surface area (Å²) in [5.41, 5.74) is 6.28. The van der Waals surface area contributed by atoms with Gasteiger partial charge in [-0.05, 0) is 58.2 Å². The van der Waals surface area contributed by atoms with Gasteiger partial charge in [-0.1, -0.05) is 22.0 Å². The number of aryl methyl sites for hydroxylation is 1. The maximum absolute atomic E-state index is 5.70. The van der Waals surface area contributed by atoms with Gasteiger partial charge in [0.1, 0.15) is 0 Å². The average Bonchev–Trinajstić information content (AvgIpc) is 2.41. The van der Waals surface area contributed by atoms with Crippen molar-refractivity contribution in [3.63, 3.8) is 0 Å². The number of pyridine rings is 1. The Kier molecular flexibility index (Phi) is 5.10. The Morgan fingerprint density at radius 3 is 2.58 bits per heavy atom. The zero-order chi connectivity index (χ0) is 13.8. The number of halogens is 2. The van der Waals surface area contributed by atoms with Crippen LogP contribution in [0.1, 0.15) is 22.9 Å². The van der Waals surface area contributed by atoms with Gasteiger partial charge in [0.2, 0.25) is 0 Å². The Balaban J connectivity index is 2.24. The van der Waals surface area contributed by atoms with Crippen molar-refractivity contribution in [2.45, 2.75) is 19.4 Å². The topological polar surface area (TPSA) is 50.9 Å². The largest absolute Gasteiger partial charge is 0.271 e. The van der Waals surface area contributed by atoms with Crippen LogP contribution in [0.5, 0.6) is 0 Å². The second kappa shape index (κ2) is 6.61. The number of aromatic nitrogens is 1. The number of nitrogens with two attached hydrogens (primary N) is 1. The van der Waals surface area contributed by atoms with Crippen LogP contribution in [0.4, 0.5) is 0 Å². The predicted molar refractivity (Wildman–Crippen MR) is 84.6 cm³/mol. The van der Waals surface area contributed by atoms with Crippen LogP contribution in [0.15, 0.2) is 45.5 Å². The van der Waals surface area contributed by atoms with Crippen LogP contribution in [-0.4, -0.2) is 4.98 Å². The maximum Gasteiger partial charge on any atom is 0.0518 e. The van der Waals surface area contributed by atoms with E-state index >= 15 is 0 Å². The third kappa shape index (κ3) is 3.86. The Morgan fingerprint density at radius 2 is 1.95 bits per heavy atom. The highest BCUT2D eigenvalue weighted by Gasteiger charge is 2.14. The summed E-state index contributed by atoms with van der Waals surface area (Å²) in [7, 11) is 0. The van der Waals surface area contributed by atoms with E-state index in [9.17, 15) is 0 Å². The molecule has 0 fully saturated rings. The van der Waals surface area contributed by atoms with Gasteiger partial charge in [-0.25, -0.2) is 0 Å². The number of benzene rings is 1. The van der Waals surface area contributed by atoms with Gasteiger partial charge in [-0.3, -0.25) is 16.3 Å². The smallest absolute Gasteiger partial charge is 0.0518 e. The van der Waals surface area contributed by atoms with Gasteiger partial charge in [0.25, 0.3) is 0 Å². The minimum absolute atomic E-state index is 0.0474. The van der Waals surface area contributed by atoms with Crippen LogP contribution in [0.25, 0.3) is 0 Å². The van der Waals surface area contributed by atoms with Crippen LogP contribution >= 0.6 is 31.9 Å². The van der Waals surface area contributed by atoms with Crippen molar-refractivity contribution in [1.29, 1.82) is 0 Å². The number of nitrogens with zero attached hydrogens (tertiary/aromatic N) is 1. The summed E-state index contributed by atoms with van der Waals surface area (Å²) in [6, 6.07) is 10.2. The molecule has 5 heteroatoms. The molecule has 100 valence electrons. The molecule has 1 unspecified atom stereocenters. The highest BCUT2D eigenvalue weighted by Crippen LogP contribution is 2.24. The zero-order valence-electron chi connectivity index (χ0n) is 10.5. The van der Waals surface area contributed by atoms with Crippen molar-refractivity contribution in [2.24, 2.45) is 5.84 Å². The molecule has 0 bridgehead atoms. The predicted octanol–water partition coefficient (Wildman–Crippen LogP) is 3.66. The van der Waals surface area contributed by atoms with Crippen molar-refractivity contribution in [2.75, 3.05) is 0 Å². The summed E-state index contributed by atoms with van der Waals surface area (Å²) in [6.45, 7) is 2.08. The fourth-order valence-corrected chi connectivity index (χ4v) is 2.60. The first-order chi connectivity index (χ1) is 9.10. The number of hydrazine groups is 1. The van der Waals surface area contributed by atoms with Crippen molar-refractivity contribution in [3.8, 4) is 0 Å². The lowest BCUT2D eigenvalue weighted by molar-refractivity contribution is 0.543. The van der Waals surface area contributed by atoms with E-state index in [0.717, 1.165) is 21.1 Å². The number of rotatable bonds is 4. The fraction of sp³-hybridized carbons (Fsp3) is 0.214. The molecular weight excluding hydrogens is 370 g/mol. The molecule has 2 rings (SSSR count). The van der Waals surface area contributed by atoms with E-state index in [2.05, 4.69) is 61.3 Å². The highest BCUT2D eigenvalue weighted by molar-refractivity contribution is 9.10. The third-order valence-corrected chi connectivity index (χ3v) is 3.98. The van der Waals surface area contributed by atoms with Crippen molar-refractivity contribution < 1.29 is 0 Å². The lowest BCUT2D eigenvalue weighted by Gasteiger charge is -2.18.